The Bertz CT molecular complexity index is 1130. The molecule has 0 amide bonds. The van der Waals surface area contributed by atoms with E-state index in [2.05, 4.69) is 13.8 Å². The summed E-state index contributed by atoms with van der Waals surface area (Å²) in [6, 6.07) is 0. The SMILES string of the molecule is CC(=O)[C@@]12O[C@H](C3CCCCC3)O[C@H]1C[C@H]1[C@@H]3CCC4=CC(=O)C(OC(=O)C(C)C)=C[C@]4(C)[C@H]3[C@@H](O)C[C@@]12C. The number of aliphatic hydroxyl groups is 1. The van der Waals surface area contributed by atoms with E-state index in [1.807, 2.05) is 0 Å². The Kier molecular flexibility index (Phi) is 6.56. The van der Waals surface area contributed by atoms with Crippen molar-refractivity contribution in [3.8, 4) is 0 Å². The van der Waals surface area contributed by atoms with Gasteiger partial charge in [-0.25, -0.2) is 0 Å². The fraction of sp³-hybridized carbons (Fsp3) is 0.781. The van der Waals surface area contributed by atoms with Crippen LogP contribution in [0, 0.1) is 40.4 Å². The minimum atomic E-state index is -1.04. The van der Waals surface area contributed by atoms with Gasteiger partial charge < -0.3 is 19.3 Å². The molecule has 1 aliphatic heterocycles. The lowest BCUT2D eigenvalue weighted by Gasteiger charge is -2.59. The lowest BCUT2D eigenvalue weighted by molar-refractivity contribution is -0.207. The van der Waals surface area contributed by atoms with Crippen molar-refractivity contribution in [3.63, 3.8) is 0 Å². The summed E-state index contributed by atoms with van der Waals surface area (Å²) in [4.78, 5) is 38.8. The standard InChI is InChI=1S/C32H44O7/c1-17(2)28(36)37-25-16-30(4)20(13-23(25)34)11-12-21-22-14-26-32(18(3)33,31(22,5)15-24(35)27(21)30)39-29(38-26)19-9-7-6-8-10-19/h13,16-17,19,21-22,24,26-27,29,35H,6-12,14-15H2,1-5H3/t21-,22-,24-,26-,27+,29+,30-,31-,32+/m0/s1. The number of carbonyl (C=O) groups is 3. The van der Waals surface area contributed by atoms with Gasteiger partial charge >= 0.3 is 5.97 Å². The average molecular weight is 541 g/mol. The molecule has 0 unspecified atom stereocenters. The second-order valence-corrected chi connectivity index (χ2v) is 14.0. The van der Waals surface area contributed by atoms with E-state index in [4.69, 9.17) is 14.2 Å². The number of hydrogen-bond acceptors (Lipinski definition) is 7. The van der Waals surface area contributed by atoms with E-state index in [9.17, 15) is 19.5 Å². The Morgan fingerprint density at radius 2 is 1.85 bits per heavy atom. The Balaban J connectivity index is 1.33. The van der Waals surface area contributed by atoms with Gasteiger partial charge in [-0.1, -0.05) is 52.5 Å². The number of hydrogen-bond donors (Lipinski definition) is 1. The maximum Gasteiger partial charge on any atom is 0.313 e. The van der Waals surface area contributed by atoms with Crippen LogP contribution < -0.4 is 0 Å². The van der Waals surface area contributed by atoms with Crippen molar-refractivity contribution in [2.24, 2.45) is 40.4 Å². The summed E-state index contributed by atoms with van der Waals surface area (Å²) in [5.74, 6) is -0.584. The van der Waals surface area contributed by atoms with Crippen LogP contribution in [0.3, 0.4) is 0 Å². The van der Waals surface area contributed by atoms with E-state index in [1.165, 1.54) is 19.3 Å². The highest BCUT2D eigenvalue weighted by Gasteiger charge is 2.75. The van der Waals surface area contributed by atoms with Crippen molar-refractivity contribution in [1.82, 2.24) is 0 Å². The number of allylic oxidation sites excluding steroid dienone is 3. The summed E-state index contributed by atoms with van der Waals surface area (Å²) in [7, 11) is 0. The summed E-state index contributed by atoms with van der Waals surface area (Å²) in [5, 5.41) is 11.9. The average Bonchev–Trinajstić information content (AvgIpc) is 3.38. The molecular formula is C32H44O7. The Morgan fingerprint density at radius 3 is 2.51 bits per heavy atom. The first-order chi connectivity index (χ1) is 18.4. The van der Waals surface area contributed by atoms with Gasteiger partial charge in [0.1, 0.15) is 0 Å². The van der Waals surface area contributed by atoms with Gasteiger partial charge in [-0.05, 0) is 69.4 Å². The second kappa shape index (κ2) is 9.35. The van der Waals surface area contributed by atoms with Gasteiger partial charge in [0.2, 0.25) is 5.78 Å². The van der Waals surface area contributed by atoms with Crippen LogP contribution in [0.15, 0.2) is 23.5 Å². The third-order valence-electron chi connectivity index (χ3n) is 11.6. The van der Waals surface area contributed by atoms with Gasteiger partial charge in [0, 0.05) is 22.7 Å². The molecular weight excluding hydrogens is 496 g/mol. The van der Waals surface area contributed by atoms with Crippen LogP contribution in [0.4, 0.5) is 0 Å². The van der Waals surface area contributed by atoms with E-state index in [0.717, 1.165) is 37.7 Å². The molecule has 214 valence electrons. The third kappa shape index (κ3) is 3.82. The largest absolute Gasteiger partial charge is 0.422 e. The highest BCUT2D eigenvalue weighted by Crippen LogP contribution is 2.70. The van der Waals surface area contributed by atoms with Crippen molar-refractivity contribution in [3.05, 3.63) is 23.5 Å². The maximum absolute atomic E-state index is 13.5. The first kappa shape index (κ1) is 27.3. The molecule has 6 rings (SSSR count). The number of esters is 1. The van der Waals surface area contributed by atoms with Gasteiger partial charge in [0.05, 0.1) is 18.1 Å². The van der Waals surface area contributed by atoms with E-state index in [1.54, 1.807) is 32.9 Å². The van der Waals surface area contributed by atoms with Crippen LogP contribution in [-0.4, -0.2) is 46.7 Å². The molecule has 5 fully saturated rings. The number of fused-ring (bicyclic) bond motifs is 7. The highest BCUT2D eigenvalue weighted by atomic mass is 16.7. The number of carbonyl (C=O) groups excluding carboxylic acids is 3. The first-order valence-corrected chi connectivity index (χ1v) is 15.1. The Morgan fingerprint density at radius 1 is 1.13 bits per heavy atom. The third-order valence-corrected chi connectivity index (χ3v) is 11.6. The topological polar surface area (TPSA) is 99.1 Å². The van der Waals surface area contributed by atoms with E-state index in [-0.39, 0.29) is 53.4 Å². The van der Waals surface area contributed by atoms with Gasteiger partial charge in [-0.3, -0.25) is 14.4 Å². The maximum atomic E-state index is 13.5. The summed E-state index contributed by atoms with van der Waals surface area (Å²) < 4.78 is 19.0. The molecule has 5 aliphatic carbocycles. The predicted octanol–water partition coefficient (Wildman–Crippen LogP) is 5.05. The van der Waals surface area contributed by atoms with E-state index in [0.29, 0.717) is 12.3 Å². The molecule has 1 heterocycles. The van der Waals surface area contributed by atoms with Crippen LogP contribution in [0.25, 0.3) is 0 Å². The van der Waals surface area contributed by atoms with Crippen molar-refractivity contribution >= 4 is 17.5 Å². The molecule has 0 aromatic heterocycles. The summed E-state index contributed by atoms with van der Waals surface area (Å²) in [6.07, 6.45) is 10.5. The summed E-state index contributed by atoms with van der Waals surface area (Å²) in [6.45, 7) is 9.34. The zero-order chi connectivity index (χ0) is 27.9. The molecule has 7 heteroatoms. The molecule has 0 spiro atoms. The van der Waals surface area contributed by atoms with Crippen molar-refractivity contribution in [1.29, 1.82) is 0 Å². The summed E-state index contributed by atoms with van der Waals surface area (Å²) in [5.41, 5.74) is -1.21. The molecule has 6 aliphatic rings. The quantitative estimate of drug-likeness (QED) is 0.498. The van der Waals surface area contributed by atoms with Crippen LogP contribution in [0.5, 0.6) is 0 Å². The fourth-order valence-electron chi connectivity index (χ4n) is 9.73. The lowest BCUT2D eigenvalue weighted by atomic mass is 9.46. The van der Waals surface area contributed by atoms with E-state index >= 15 is 0 Å². The number of ketones is 2. The number of aliphatic hydroxyl groups excluding tert-OH is 1. The highest BCUT2D eigenvalue weighted by molar-refractivity contribution is 6.05. The number of rotatable bonds is 4. The van der Waals surface area contributed by atoms with Crippen molar-refractivity contribution in [2.75, 3.05) is 0 Å². The van der Waals surface area contributed by atoms with Crippen LogP contribution in [0.1, 0.15) is 92.4 Å². The molecule has 4 saturated carbocycles. The van der Waals surface area contributed by atoms with Crippen molar-refractivity contribution in [2.45, 2.75) is 117 Å². The Labute approximate surface area is 231 Å². The van der Waals surface area contributed by atoms with Gasteiger partial charge in [-0.15, -0.1) is 0 Å². The van der Waals surface area contributed by atoms with Crippen LogP contribution >= 0.6 is 0 Å². The molecule has 7 nitrogen and oxygen atoms in total. The Hall–Kier alpha value is -1.83. The monoisotopic (exact) mass is 540 g/mol. The predicted molar refractivity (Wildman–Crippen MR) is 143 cm³/mol. The zero-order valence-corrected chi connectivity index (χ0v) is 24.0. The minimum absolute atomic E-state index is 0.00936. The van der Waals surface area contributed by atoms with E-state index < -0.39 is 28.5 Å². The zero-order valence-electron chi connectivity index (χ0n) is 24.0. The summed E-state index contributed by atoms with van der Waals surface area (Å²) >= 11 is 0. The fourth-order valence-corrected chi connectivity index (χ4v) is 9.73. The van der Waals surface area contributed by atoms with Crippen molar-refractivity contribution < 1.29 is 33.7 Å². The molecule has 1 N–H and O–H groups in total. The molecule has 0 aromatic carbocycles. The molecule has 39 heavy (non-hydrogen) atoms. The number of Topliss-reactive ketones (excluding diaryl/α,β-unsaturated/α-hetero) is 1. The molecule has 1 saturated heterocycles. The van der Waals surface area contributed by atoms with Gasteiger partial charge in [0.15, 0.2) is 23.4 Å². The molecule has 0 radical (unpaired) electrons. The molecule has 0 aromatic rings. The lowest BCUT2D eigenvalue weighted by Crippen LogP contribution is -2.62. The van der Waals surface area contributed by atoms with Gasteiger partial charge in [0.25, 0.3) is 0 Å². The van der Waals surface area contributed by atoms with Crippen LogP contribution in [-0.2, 0) is 28.6 Å². The molecule has 0 bridgehead atoms. The minimum Gasteiger partial charge on any atom is -0.422 e. The molecule has 9 atom stereocenters. The number of ether oxygens (including phenoxy) is 3. The normalized spacial score (nSPS) is 45.6. The smallest absolute Gasteiger partial charge is 0.313 e. The second-order valence-electron chi connectivity index (χ2n) is 14.0. The van der Waals surface area contributed by atoms with Crippen LogP contribution in [0.2, 0.25) is 0 Å². The van der Waals surface area contributed by atoms with Gasteiger partial charge in [-0.2, -0.15) is 0 Å². The first-order valence-electron chi connectivity index (χ1n) is 15.1.